The number of rotatable bonds is 6. The van der Waals surface area contributed by atoms with Crippen LogP contribution in [0.25, 0.3) is 0 Å². The van der Waals surface area contributed by atoms with Crippen molar-refractivity contribution in [2.45, 2.75) is 38.0 Å². The number of ether oxygens (including phenoxy) is 1. The SMILES string of the molecule is O=C(NC[C@@H]1CCCO1)[C@H]1Cc2cc([N+](=O)[O-])ccc2N2CCN(Cc3ccc(Cl)cc3)C[C@@H]12. The fourth-order valence-electron chi connectivity index (χ4n) is 5.42. The van der Waals surface area contributed by atoms with Crippen LogP contribution in [-0.4, -0.2) is 60.7 Å². The molecule has 9 heteroatoms. The molecule has 3 heterocycles. The van der Waals surface area contributed by atoms with Gasteiger partial charge in [-0.2, -0.15) is 0 Å². The van der Waals surface area contributed by atoms with Gasteiger partial charge in [0.15, 0.2) is 0 Å². The molecule has 0 bridgehead atoms. The van der Waals surface area contributed by atoms with Gasteiger partial charge in [0.05, 0.1) is 23.0 Å². The average molecular weight is 485 g/mol. The molecule has 2 aromatic rings. The molecule has 1 N–H and O–H groups in total. The van der Waals surface area contributed by atoms with Crippen LogP contribution in [0.5, 0.6) is 0 Å². The predicted molar refractivity (Wildman–Crippen MR) is 130 cm³/mol. The molecule has 3 atom stereocenters. The molecule has 0 saturated carbocycles. The fraction of sp³-hybridized carbons (Fsp3) is 0.480. The minimum absolute atomic E-state index is 0.000460. The number of carbonyl (C=O) groups excluding carboxylic acids is 1. The third kappa shape index (κ3) is 4.89. The highest BCUT2D eigenvalue weighted by Crippen LogP contribution is 2.38. The number of nitrogens with one attached hydrogen (secondary N) is 1. The first-order chi connectivity index (χ1) is 16.5. The maximum atomic E-state index is 13.4. The minimum atomic E-state index is -0.372. The van der Waals surface area contributed by atoms with Crippen molar-refractivity contribution in [2.24, 2.45) is 5.92 Å². The molecule has 0 aromatic heterocycles. The lowest BCUT2D eigenvalue weighted by molar-refractivity contribution is -0.384. The molecule has 8 nitrogen and oxygen atoms in total. The summed E-state index contributed by atoms with van der Waals surface area (Å²) in [5.74, 6) is -0.292. The molecule has 180 valence electrons. The largest absolute Gasteiger partial charge is 0.376 e. The summed E-state index contributed by atoms with van der Waals surface area (Å²) in [6.07, 6.45) is 2.55. The number of amides is 1. The van der Waals surface area contributed by atoms with Crippen molar-refractivity contribution in [1.82, 2.24) is 10.2 Å². The van der Waals surface area contributed by atoms with E-state index in [1.165, 1.54) is 5.56 Å². The zero-order valence-corrected chi connectivity index (χ0v) is 19.7. The smallest absolute Gasteiger partial charge is 0.269 e. The molecule has 3 aliphatic rings. The maximum Gasteiger partial charge on any atom is 0.269 e. The van der Waals surface area contributed by atoms with E-state index in [9.17, 15) is 14.9 Å². The van der Waals surface area contributed by atoms with Crippen LogP contribution >= 0.6 is 11.6 Å². The summed E-state index contributed by atoms with van der Waals surface area (Å²) in [6, 6.07) is 12.9. The molecular weight excluding hydrogens is 456 g/mol. The Morgan fingerprint density at radius 3 is 2.76 bits per heavy atom. The Bertz CT molecular complexity index is 1060. The van der Waals surface area contributed by atoms with Gasteiger partial charge in [-0.1, -0.05) is 23.7 Å². The lowest BCUT2D eigenvalue weighted by Gasteiger charge is -2.49. The van der Waals surface area contributed by atoms with Gasteiger partial charge in [-0.05, 0) is 48.6 Å². The Labute approximate surface area is 204 Å². The first-order valence-corrected chi connectivity index (χ1v) is 12.3. The van der Waals surface area contributed by atoms with Crippen LogP contribution < -0.4 is 10.2 Å². The van der Waals surface area contributed by atoms with E-state index in [2.05, 4.69) is 15.1 Å². The highest BCUT2D eigenvalue weighted by molar-refractivity contribution is 6.30. The summed E-state index contributed by atoms with van der Waals surface area (Å²) in [4.78, 5) is 29.0. The highest BCUT2D eigenvalue weighted by atomic mass is 35.5. The zero-order chi connectivity index (χ0) is 23.7. The summed E-state index contributed by atoms with van der Waals surface area (Å²) in [5, 5.41) is 15.2. The molecule has 0 aliphatic carbocycles. The van der Waals surface area contributed by atoms with Crippen molar-refractivity contribution in [2.75, 3.05) is 37.7 Å². The first kappa shape index (κ1) is 23.1. The number of anilines is 1. The van der Waals surface area contributed by atoms with Crippen LogP contribution in [0.3, 0.4) is 0 Å². The van der Waals surface area contributed by atoms with E-state index in [0.717, 1.165) is 61.9 Å². The van der Waals surface area contributed by atoms with Gasteiger partial charge < -0.3 is 15.0 Å². The number of piperazine rings is 1. The summed E-state index contributed by atoms with van der Waals surface area (Å²) in [6.45, 7) is 4.41. The lowest BCUT2D eigenvalue weighted by Crippen LogP contribution is -2.61. The van der Waals surface area contributed by atoms with Gasteiger partial charge in [-0.15, -0.1) is 0 Å². The van der Waals surface area contributed by atoms with Crippen LogP contribution in [0, 0.1) is 16.0 Å². The second-order valence-electron chi connectivity index (χ2n) is 9.38. The third-order valence-corrected chi connectivity index (χ3v) is 7.43. The van der Waals surface area contributed by atoms with E-state index in [4.69, 9.17) is 16.3 Å². The van der Waals surface area contributed by atoms with Gasteiger partial charge in [0, 0.05) is 62.2 Å². The Hall–Kier alpha value is -2.68. The molecule has 2 fully saturated rings. The Morgan fingerprint density at radius 2 is 2.03 bits per heavy atom. The number of nitrogens with zero attached hydrogens (tertiary/aromatic N) is 3. The number of nitro groups is 1. The van der Waals surface area contributed by atoms with Crippen LogP contribution in [-0.2, 0) is 22.5 Å². The van der Waals surface area contributed by atoms with Crippen molar-refractivity contribution in [3.63, 3.8) is 0 Å². The van der Waals surface area contributed by atoms with E-state index < -0.39 is 0 Å². The Morgan fingerprint density at radius 1 is 1.21 bits per heavy atom. The molecule has 0 radical (unpaired) electrons. The lowest BCUT2D eigenvalue weighted by atomic mass is 9.83. The standard InChI is InChI=1S/C25H29ClN4O4/c26-19-5-3-17(4-6-19)15-28-9-10-29-23-8-7-20(30(32)33)12-18(23)13-22(24(29)16-28)25(31)27-14-21-2-1-11-34-21/h3-8,12,21-22,24H,1-2,9-11,13-16H2,(H,27,31)/t21-,22-,24-/m0/s1. The summed E-state index contributed by atoms with van der Waals surface area (Å²) in [7, 11) is 0. The van der Waals surface area contributed by atoms with Gasteiger partial charge in [-0.25, -0.2) is 0 Å². The van der Waals surface area contributed by atoms with Gasteiger partial charge >= 0.3 is 0 Å². The first-order valence-electron chi connectivity index (χ1n) is 11.9. The molecular formula is C25H29ClN4O4. The number of non-ortho nitro benzene ring substituents is 1. The maximum absolute atomic E-state index is 13.4. The van der Waals surface area contributed by atoms with Crippen molar-refractivity contribution in [1.29, 1.82) is 0 Å². The summed E-state index contributed by atoms with van der Waals surface area (Å²) >= 11 is 6.04. The van der Waals surface area contributed by atoms with E-state index in [-0.39, 0.29) is 34.6 Å². The van der Waals surface area contributed by atoms with Gasteiger partial charge in [-0.3, -0.25) is 19.8 Å². The van der Waals surface area contributed by atoms with Crippen LogP contribution in [0.15, 0.2) is 42.5 Å². The molecule has 5 rings (SSSR count). The molecule has 34 heavy (non-hydrogen) atoms. The van der Waals surface area contributed by atoms with Crippen molar-refractivity contribution >= 4 is 28.9 Å². The molecule has 2 saturated heterocycles. The van der Waals surface area contributed by atoms with E-state index in [1.54, 1.807) is 12.1 Å². The van der Waals surface area contributed by atoms with Crippen molar-refractivity contribution < 1.29 is 14.5 Å². The van der Waals surface area contributed by atoms with Crippen LogP contribution in [0.4, 0.5) is 11.4 Å². The van der Waals surface area contributed by atoms with Gasteiger partial charge in [0.25, 0.3) is 5.69 Å². The minimum Gasteiger partial charge on any atom is -0.376 e. The van der Waals surface area contributed by atoms with Crippen LogP contribution in [0.2, 0.25) is 5.02 Å². The van der Waals surface area contributed by atoms with E-state index in [1.807, 2.05) is 30.3 Å². The Kier molecular flexibility index (Phi) is 6.72. The zero-order valence-electron chi connectivity index (χ0n) is 19.0. The van der Waals surface area contributed by atoms with E-state index >= 15 is 0 Å². The molecule has 0 spiro atoms. The molecule has 1 amide bonds. The topological polar surface area (TPSA) is 87.9 Å². The Balaban J connectivity index is 1.37. The fourth-order valence-corrected chi connectivity index (χ4v) is 5.55. The predicted octanol–water partition coefficient (Wildman–Crippen LogP) is 3.41. The number of halogens is 1. The number of hydrogen-bond acceptors (Lipinski definition) is 6. The molecule has 2 aromatic carbocycles. The number of nitro benzene ring substituents is 1. The van der Waals surface area contributed by atoms with Crippen molar-refractivity contribution in [3.05, 3.63) is 68.7 Å². The van der Waals surface area contributed by atoms with E-state index in [0.29, 0.717) is 13.0 Å². The van der Waals surface area contributed by atoms with Crippen LogP contribution in [0.1, 0.15) is 24.0 Å². The second-order valence-corrected chi connectivity index (χ2v) is 9.82. The number of benzene rings is 2. The third-order valence-electron chi connectivity index (χ3n) is 7.17. The molecule has 0 unspecified atom stereocenters. The number of carbonyl (C=O) groups is 1. The molecule has 3 aliphatic heterocycles. The second kappa shape index (κ2) is 9.90. The monoisotopic (exact) mass is 484 g/mol. The number of hydrogen-bond donors (Lipinski definition) is 1. The number of fused-ring (bicyclic) bond motifs is 3. The summed E-state index contributed by atoms with van der Waals surface area (Å²) < 4.78 is 5.67. The normalized spacial score (nSPS) is 24.4. The average Bonchev–Trinajstić information content (AvgIpc) is 3.36. The quantitative estimate of drug-likeness (QED) is 0.499. The van der Waals surface area contributed by atoms with Crippen molar-refractivity contribution in [3.8, 4) is 0 Å². The highest BCUT2D eigenvalue weighted by Gasteiger charge is 2.42. The van der Waals surface area contributed by atoms with Gasteiger partial charge in [0.2, 0.25) is 5.91 Å². The van der Waals surface area contributed by atoms with Gasteiger partial charge in [0.1, 0.15) is 0 Å². The summed E-state index contributed by atoms with van der Waals surface area (Å²) in [5.41, 5.74) is 3.12.